The molecule has 0 bridgehead atoms. The number of alkyl carbamates (subject to hydrolysis) is 1. The summed E-state index contributed by atoms with van der Waals surface area (Å²) in [5, 5.41) is 2.29. The van der Waals surface area contributed by atoms with Crippen molar-refractivity contribution in [1.82, 2.24) is 5.32 Å². The third kappa shape index (κ3) is 5.87. The zero-order valence-corrected chi connectivity index (χ0v) is 14.9. The highest BCUT2D eigenvalue weighted by atomic mass is 16.6. The van der Waals surface area contributed by atoms with E-state index in [9.17, 15) is 19.2 Å². The molecular weight excluding hydrogens is 324 g/mol. The topological polar surface area (TPSA) is 116 Å². The second-order valence-corrected chi connectivity index (χ2v) is 6.55. The predicted octanol–water partition coefficient (Wildman–Crippen LogP) is 2.04. The van der Waals surface area contributed by atoms with Crippen molar-refractivity contribution in [1.29, 1.82) is 0 Å². The van der Waals surface area contributed by atoms with E-state index in [1.54, 1.807) is 46.8 Å². The van der Waals surface area contributed by atoms with Crippen molar-refractivity contribution in [3.63, 3.8) is 0 Å². The van der Waals surface area contributed by atoms with Gasteiger partial charge in [-0.3, -0.25) is 19.7 Å². The molecule has 1 aromatic carbocycles. The molecule has 0 spiro atoms. The number of rotatable bonds is 5. The lowest BCUT2D eigenvalue weighted by molar-refractivity contribution is -0.127. The Bertz CT molecular complexity index is 734. The first-order valence-corrected chi connectivity index (χ1v) is 7.57. The fraction of sp³-hybridized carbons (Fsp3) is 0.333. The molecule has 7 heteroatoms. The number of allylic oxidation sites excluding steroid dienone is 1. The number of ether oxygens (including phenoxy) is 1. The van der Waals surface area contributed by atoms with Crippen molar-refractivity contribution in [2.45, 2.75) is 40.2 Å². The van der Waals surface area contributed by atoms with Crippen LogP contribution in [-0.4, -0.2) is 29.7 Å². The molecule has 134 valence electrons. The first-order chi connectivity index (χ1) is 11.4. The number of benzene rings is 1. The van der Waals surface area contributed by atoms with E-state index in [-0.39, 0.29) is 12.0 Å². The number of aldehydes is 1. The standard InChI is InChI=1S/C18H22N2O5/c1-10-6-12(16(19)23)7-11(2)13(10)8-14(15(22)9-21)20-17(24)25-18(3,4)5/h6-9H,1-5H3,(H2,19,23)(H,20,24)/b14-8-. The van der Waals surface area contributed by atoms with Gasteiger partial charge in [-0.25, -0.2) is 4.79 Å². The summed E-state index contributed by atoms with van der Waals surface area (Å²) >= 11 is 0. The van der Waals surface area contributed by atoms with Crippen molar-refractivity contribution >= 4 is 30.1 Å². The van der Waals surface area contributed by atoms with Crippen molar-refractivity contribution in [2.75, 3.05) is 0 Å². The molecule has 1 rings (SSSR count). The van der Waals surface area contributed by atoms with Crippen LogP contribution in [0.5, 0.6) is 0 Å². The number of Topliss-reactive ketones (excluding diaryl/α,β-unsaturated/α-hetero) is 1. The van der Waals surface area contributed by atoms with Gasteiger partial charge in [-0.05, 0) is 69.5 Å². The molecule has 0 unspecified atom stereocenters. The fourth-order valence-corrected chi connectivity index (χ4v) is 2.13. The Hall–Kier alpha value is -2.96. The van der Waals surface area contributed by atoms with E-state index in [1.165, 1.54) is 6.08 Å². The summed E-state index contributed by atoms with van der Waals surface area (Å²) < 4.78 is 5.09. The van der Waals surface area contributed by atoms with E-state index in [0.717, 1.165) is 0 Å². The van der Waals surface area contributed by atoms with Crippen LogP contribution in [0.3, 0.4) is 0 Å². The van der Waals surface area contributed by atoms with Crippen LogP contribution in [0.2, 0.25) is 0 Å². The Labute approximate surface area is 146 Å². The number of nitrogens with two attached hydrogens (primary N) is 1. The Balaban J connectivity index is 3.28. The number of carbonyl (C=O) groups is 4. The Kier molecular flexibility index (Phi) is 6.22. The van der Waals surface area contributed by atoms with Crippen LogP contribution in [0.25, 0.3) is 6.08 Å². The molecule has 0 aliphatic heterocycles. The van der Waals surface area contributed by atoms with E-state index in [4.69, 9.17) is 10.5 Å². The lowest BCUT2D eigenvalue weighted by atomic mass is 9.97. The quantitative estimate of drug-likeness (QED) is 0.481. The van der Waals surface area contributed by atoms with Crippen LogP contribution < -0.4 is 11.1 Å². The number of nitrogens with one attached hydrogen (secondary N) is 1. The first-order valence-electron chi connectivity index (χ1n) is 7.57. The second kappa shape index (κ2) is 7.74. The molecule has 2 amide bonds. The maximum absolute atomic E-state index is 11.9. The average molecular weight is 346 g/mol. The molecule has 0 fully saturated rings. The molecule has 0 saturated carbocycles. The zero-order chi connectivity index (χ0) is 19.4. The fourth-order valence-electron chi connectivity index (χ4n) is 2.13. The third-order valence-corrected chi connectivity index (χ3v) is 3.18. The van der Waals surface area contributed by atoms with E-state index >= 15 is 0 Å². The SMILES string of the molecule is Cc1cc(C(N)=O)cc(C)c1/C=C(\NC(=O)OC(C)(C)C)C(=O)C=O. The summed E-state index contributed by atoms with van der Waals surface area (Å²) in [4.78, 5) is 45.9. The van der Waals surface area contributed by atoms with Gasteiger partial charge in [0.05, 0.1) is 5.70 Å². The van der Waals surface area contributed by atoms with Gasteiger partial charge in [0, 0.05) is 5.56 Å². The van der Waals surface area contributed by atoms with Gasteiger partial charge in [0.25, 0.3) is 0 Å². The minimum Gasteiger partial charge on any atom is -0.444 e. The maximum atomic E-state index is 11.9. The van der Waals surface area contributed by atoms with Crippen molar-refractivity contribution in [3.05, 3.63) is 40.1 Å². The van der Waals surface area contributed by atoms with Gasteiger partial charge in [-0.15, -0.1) is 0 Å². The Morgan fingerprint density at radius 2 is 1.64 bits per heavy atom. The van der Waals surface area contributed by atoms with Crippen molar-refractivity contribution in [3.8, 4) is 0 Å². The second-order valence-electron chi connectivity index (χ2n) is 6.55. The number of hydrogen-bond acceptors (Lipinski definition) is 5. The number of amides is 2. The largest absolute Gasteiger partial charge is 0.444 e. The lowest BCUT2D eigenvalue weighted by Gasteiger charge is -2.20. The number of hydrogen-bond donors (Lipinski definition) is 2. The van der Waals surface area contributed by atoms with Crippen molar-refractivity contribution < 1.29 is 23.9 Å². The maximum Gasteiger partial charge on any atom is 0.412 e. The van der Waals surface area contributed by atoms with Crippen LogP contribution in [0.4, 0.5) is 4.79 Å². The third-order valence-electron chi connectivity index (χ3n) is 3.18. The highest BCUT2D eigenvalue weighted by Crippen LogP contribution is 2.20. The predicted molar refractivity (Wildman–Crippen MR) is 92.9 cm³/mol. The average Bonchev–Trinajstić information content (AvgIpc) is 2.46. The molecule has 0 atom stereocenters. The van der Waals surface area contributed by atoms with Gasteiger partial charge in [-0.1, -0.05) is 0 Å². The summed E-state index contributed by atoms with van der Waals surface area (Å²) in [6.45, 7) is 8.47. The molecule has 0 aliphatic carbocycles. The Morgan fingerprint density at radius 3 is 2.04 bits per heavy atom. The number of aryl methyl sites for hydroxylation is 2. The monoisotopic (exact) mass is 346 g/mol. The van der Waals surface area contributed by atoms with Gasteiger partial charge in [-0.2, -0.15) is 0 Å². The summed E-state index contributed by atoms with van der Waals surface area (Å²) in [5.41, 5.74) is 6.54. The first kappa shape index (κ1) is 20.1. The molecule has 0 radical (unpaired) electrons. The molecule has 0 heterocycles. The van der Waals surface area contributed by atoms with Gasteiger partial charge in [0.1, 0.15) is 5.60 Å². The van der Waals surface area contributed by atoms with Crippen LogP contribution >= 0.6 is 0 Å². The van der Waals surface area contributed by atoms with Gasteiger partial charge < -0.3 is 10.5 Å². The molecule has 0 aromatic heterocycles. The summed E-state index contributed by atoms with van der Waals surface area (Å²) in [7, 11) is 0. The summed E-state index contributed by atoms with van der Waals surface area (Å²) in [6.07, 6.45) is 0.625. The van der Waals surface area contributed by atoms with E-state index in [0.29, 0.717) is 22.3 Å². The summed E-state index contributed by atoms with van der Waals surface area (Å²) in [5.74, 6) is -1.47. The summed E-state index contributed by atoms with van der Waals surface area (Å²) in [6, 6.07) is 3.13. The number of ketones is 1. The van der Waals surface area contributed by atoms with Crippen LogP contribution in [0, 0.1) is 13.8 Å². The van der Waals surface area contributed by atoms with Gasteiger partial charge in [0.2, 0.25) is 11.7 Å². The van der Waals surface area contributed by atoms with Gasteiger partial charge in [0.15, 0.2) is 6.29 Å². The van der Waals surface area contributed by atoms with Crippen LogP contribution in [-0.2, 0) is 14.3 Å². The lowest BCUT2D eigenvalue weighted by Crippen LogP contribution is -2.34. The van der Waals surface area contributed by atoms with Crippen LogP contribution in [0.15, 0.2) is 17.8 Å². The molecule has 0 aliphatic rings. The minimum atomic E-state index is -0.899. The molecule has 3 N–H and O–H groups in total. The van der Waals surface area contributed by atoms with Crippen molar-refractivity contribution in [2.24, 2.45) is 5.73 Å². The molecule has 25 heavy (non-hydrogen) atoms. The Morgan fingerprint density at radius 1 is 1.12 bits per heavy atom. The van der Waals surface area contributed by atoms with E-state index < -0.39 is 23.4 Å². The molecular formula is C18H22N2O5. The normalized spacial score (nSPS) is 11.6. The zero-order valence-electron chi connectivity index (χ0n) is 14.9. The minimum absolute atomic E-state index is 0.103. The highest BCUT2D eigenvalue weighted by molar-refractivity contribution is 6.34. The molecule has 1 aromatic rings. The van der Waals surface area contributed by atoms with Crippen LogP contribution in [0.1, 0.15) is 47.8 Å². The van der Waals surface area contributed by atoms with E-state index in [2.05, 4.69) is 5.32 Å². The smallest absolute Gasteiger partial charge is 0.412 e. The van der Waals surface area contributed by atoms with Gasteiger partial charge >= 0.3 is 6.09 Å². The molecule has 7 nitrogen and oxygen atoms in total. The highest BCUT2D eigenvalue weighted by Gasteiger charge is 2.20. The number of carbonyl (C=O) groups excluding carboxylic acids is 4. The molecule has 0 saturated heterocycles. The number of primary amides is 1. The van der Waals surface area contributed by atoms with E-state index in [1.807, 2.05) is 0 Å².